The molecule has 0 aliphatic carbocycles. The number of carbonyl (C=O) groups is 2. The SMILES string of the molecule is CC(C(=O)NC(C)(C)C)N(Cc1ccccc1F)C(=O)CN(c1ccc(Cl)c(Cl)c1)S(=O)(=O)c1ccccc1. The molecule has 11 heteroatoms. The third kappa shape index (κ3) is 7.71. The van der Waals surface area contributed by atoms with Gasteiger partial charge in [-0.05, 0) is 64.1 Å². The van der Waals surface area contributed by atoms with E-state index in [0.29, 0.717) is 0 Å². The molecule has 2 amide bonds. The fourth-order valence-corrected chi connectivity index (χ4v) is 5.47. The van der Waals surface area contributed by atoms with E-state index in [1.54, 1.807) is 45.0 Å². The molecule has 3 rings (SSSR count). The van der Waals surface area contributed by atoms with Gasteiger partial charge in [0.05, 0.1) is 20.6 Å². The first kappa shape index (κ1) is 30.4. The molecule has 0 saturated heterocycles. The lowest BCUT2D eigenvalue weighted by Crippen LogP contribution is -2.54. The van der Waals surface area contributed by atoms with Crippen molar-refractivity contribution in [3.05, 3.63) is 94.2 Å². The van der Waals surface area contributed by atoms with Crippen LogP contribution in [0.15, 0.2) is 77.7 Å². The molecule has 3 aromatic carbocycles. The Labute approximate surface area is 238 Å². The average molecular weight is 595 g/mol. The Kier molecular flexibility index (Phi) is 9.64. The molecule has 0 heterocycles. The molecule has 39 heavy (non-hydrogen) atoms. The number of carbonyl (C=O) groups excluding carboxylic acids is 2. The van der Waals surface area contributed by atoms with Crippen molar-refractivity contribution in [3.63, 3.8) is 0 Å². The van der Waals surface area contributed by atoms with Crippen molar-refractivity contribution in [2.75, 3.05) is 10.8 Å². The third-order valence-corrected chi connectivity index (χ3v) is 8.29. The molecule has 1 unspecified atom stereocenters. The maximum Gasteiger partial charge on any atom is 0.264 e. The van der Waals surface area contributed by atoms with Gasteiger partial charge < -0.3 is 10.2 Å². The van der Waals surface area contributed by atoms with Gasteiger partial charge in [0, 0.05) is 17.6 Å². The van der Waals surface area contributed by atoms with E-state index in [0.717, 1.165) is 9.21 Å². The lowest BCUT2D eigenvalue weighted by molar-refractivity contribution is -0.140. The summed E-state index contributed by atoms with van der Waals surface area (Å²) in [6, 6.07) is 16.6. The Balaban J connectivity index is 2.06. The highest BCUT2D eigenvalue weighted by Crippen LogP contribution is 2.31. The highest BCUT2D eigenvalue weighted by Gasteiger charge is 2.33. The van der Waals surface area contributed by atoms with Gasteiger partial charge in [-0.3, -0.25) is 13.9 Å². The van der Waals surface area contributed by atoms with Gasteiger partial charge in [-0.15, -0.1) is 0 Å². The van der Waals surface area contributed by atoms with E-state index < -0.39 is 45.8 Å². The Hall–Kier alpha value is -3.14. The largest absolute Gasteiger partial charge is 0.350 e. The minimum atomic E-state index is -4.26. The summed E-state index contributed by atoms with van der Waals surface area (Å²) in [6.45, 7) is 5.94. The first-order chi connectivity index (χ1) is 18.2. The van der Waals surface area contributed by atoms with Gasteiger partial charge in [0.15, 0.2) is 0 Å². The molecule has 0 aliphatic heterocycles. The monoisotopic (exact) mass is 593 g/mol. The summed E-state index contributed by atoms with van der Waals surface area (Å²) in [5.74, 6) is -1.75. The maximum absolute atomic E-state index is 14.6. The van der Waals surface area contributed by atoms with Crippen LogP contribution in [0.1, 0.15) is 33.3 Å². The van der Waals surface area contributed by atoms with E-state index in [-0.39, 0.29) is 32.7 Å². The number of halogens is 3. The summed E-state index contributed by atoms with van der Waals surface area (Å²) >= 11 is 12.2. The van der Waals surface area contributed by atoms with Gasteiger partial charge in [0.1, 0.15) is 18.4 Å². The zero-order valence-electron chi connectivity index (χ0n) is 22.0. The molecule has 0 bridgehead atoms. The molecular formula is C28H30Cl2FN3O4S. The van der Waals surface area contributed by atoms with Crippen LogP contribution in [0.5, 0.6) is 0 Å². The van der Waals surface area contributed by atoms with Gasteiger partial charge in [-0.2, -0.15) is 0 Å². The van der Waals surface area contributed by atoms with Crippen molar-refractivity contribution in [1.82, 2.24) is 10.2 Å². The molecule has 7 nitrogen and oxygen atoms in total. The van der Waals surface area contributed by atoms with Crippen molar-refractivity contribution < 1.29 is 22.4 Å². The van der Waals surface area contributed by atoms with E-state index in [1.165, 1.54) is 55.5 Å². The highest BCUT2D eigenvalue weighted by molar-refractivity contribution is 7.92. The molecule has 0 spiro atoms. The van der Waals surface area contributed by atoms with E-state index in [2.05, 4.69) is 5.32 Å². The van der Waals surface area contributed by atoms with E-state index in [4.69, 9.17) is 23.2 Å². The van der Waals surface area contributed by atoms with Crippen LogP contribution in [0, 0.1) is 5.82 Å². The summed E-state index contributed by atoms with van der Waals surface area (Å²) in [7, 11) is -4.26. The number of hydrogen-bond acceptors (Lipinski definition) is 4. The van der Waals surface area contributed by atoms with Crippen LogP contribution in [-0.4, -0.2) is 43.3 Å². The number of hydrogen-bond donors (Lipinski definition) is 1. The number of benzene rings is 3. The van der Waals surface area contributed by atoms with Gasteiger partial charge >= 0.3 is 0 Å². The second-order valence-corrected chi connectivity index (χ2v) is 12.6. The van der Waals surface area contributed by atoms with Crippen molar-refractivity contribution in [2.45, 2.75) is 50.7 Å². The number of nitrogens with one attached hydrogen (secondary N) is 1. The Morgan fingerprint density at radius 1 is 0.949 bits per heavy atom. The molecule has 0 fully saturated rings. The summed E-state index contributed by atoms with van der Waals surface area (Å²) in [4.78, 5) is 28.0. The molecule has 0 aromatic heterocycles. The number of amides is 2. The second-order valence-electron chi connectivity index (χ2n) is 9.95. The van der Waals surface area contributed by atoms with Crippen molar-refractivity contribution in [1.29, 1.82) is 0 Å². The van der Waals surface area contributed by atoms with Gasteiger partial charge in [-0.1, -0.05) is 59.6 Å². The number of sulfonamides is 1. The Morgan fingerprint density at radius 3 is 2.15 bits per heavy atom. The highest BCUT2D eigenvalue weighted by atomic mass is 35.5. The standard InChI is InChI=1S/C28H30Cl2FN3O4S/c1-19(27(36)32-28(2,3)4)33(17-20-10-8-9-13-25(20)31)26(35)18-34(21-14-15-23(29)24(30)16-21)39(37,38)22-11-6-5-7-12-22/h5-16,19H,17-18H2,1-4H3,(H,32,36). The van der Waals surface area contributed by atoms with Gasteiger partial charge in [0.25, 0.3) is 10.0 Å². The molecule has 1 N–H and O–H groups in total. The second kappa shape index (κ2) is 12.4. The normalized spacial score (nSPS) is 12.5. The van der Waals surface area contributed by atoms with Crippen LogP contribution in [0.3, 0.4) is 0 Å². The van der Waals surface area contributed by atoms with E-state index in [1.807, 2.05) is 0 Å². The first-order valence-corrected chi connectivity index (χ1v) is 14.3. The summed E-state index contributed by atoms with van der Waals surface area (Å²) in [5, 5.41) is 3.12. The van der Waals surface area contributed by atoms with Crippen LogP contribution in [0.2, 0.25) is 10.0 Å². The number of rotatable bonds is 9. The van der Waals surface area contributed by atoms with Crippen LogP contribution in [0.4, 0.5) is 10.1 Å². The lowest BCUT2D eigenvalue weighted by atomic mass is 10.1. The zero-order chi connectivity index (χ0) is 29.0. The topological polar surface area (TPSA) is 86.8 Å². The third-order valence-electron chi connectivity index (χ3n) is 5.77. The first-order valence-electron chi connectivity index (χ1n) is 12.1. The van der Waals surface area contributed by atoms with Crippen molar-refractivity contribution in [3.8, 4) is 0 Å². The van der Waals surface area contributed by atoms with Crippen LogP contribution in [-0.2, 0) is 26.2 Å². The summed E-state index contributed by atoms with van der Waals surface area (Å²) in [6.07, 6.45) is 0. The smallest absolute Gasteiger partial charge is 0.264 e. The molecule has 208 valence electrons. The number of anilines is 1. The quantitative estimate of drug-likeness (QED) is 0.347. The fraction of sp³-hybridized carbons (Fsp3) is 0.286. The zero-order valence-corrected chi connectivity index (χ0v) is 24.3. The molecule has 0 saturated carbocycles. The minimum absolute atomic E-state index is 0.0527. The molecule has 0 radical (unpaired) electrons. The molecule has 3 aromatic rings. The van der Waals surface area contributed by atoms with Crippen molar-refractivity contribution >= 4 is 50.7 Å². The van der Waals surface area contributed by atoms with Crippen LogP contribution in [0.25, 0.3) is 0 Å². The predicted octanol–water partition coefficient (Wildman–Crippen LogP) is 5.66. The Bertz CT molecular complexity index is 1450. The van der Waals surface area contributed by atoms with E-state index in [9.17, 15) is 22.4 Å². The predicted molar refractivity (Wildman–Crippen MR) is 152 cm³/mol. The van der Waals surface area contributed by atoms with Crippen molar-refractivity contribution in [2.24, 2.45) is 0 Å². The average Bonchev–Trinajstić information content (AvgIpc) is 2.87. The van der Waals surface area contributed by atoms with Gasteiger partial charge in [0.2, 0.25) is 11.8 Å². The van der Waals surface area contributed by atoms with Crippen LogP contribution >= 0.6 is 23.2 Å². The number of nitrogens with zero attached hydrogens (tertiary/aromatic N) is 2. The molecule has 0 aliphatic rings. The molecule has 1 atom stereocenters. The maximum atomic E-state index is 14.6. The minimum Gasteiger partial charge on any atom is -0.350 e. The fourth-order valence-electron chi connectivity index (χ4n) is 3.76. The molecular weight excluding hydrogens is 564 g/mol. The summed E-state index contributed by atoms with van der Waals surface area (Å²) < 4.78 is 43.0. The van der Waals surface area contributed by atoms with Crippen LogP contribution < -0.4 is 9.62 Å². The van der Waals surface area contributed by atoms with E-state index >= 15 is 0 Å². The lowest BCUT2D eigenvalue weighted by Gasteiger charge is -2.33. The summed E-state index contributed by atoms with van der Waals surface area (Å²) in [5.41, 5.74) is -0.326. The Morgan fingerprint density at radius 2 is 1.56 bits per heavy atom. The van der Waals surface area contributed by atoms with Gasteiger partial charge in [-0.25, -0.2) is 12.8 Å².